The van der Waals surface area contributed by atoms with Crippen LogP contribution in [0.3, 0.4) is 0 Å². The molecule has 0 unspecified atom stereocenters. The Hall–Kier alpha value is -1.33. The van der Waals surface area contributed by atoms with Crippen molar-refractivity contribution in [1.82, 2.24) is 14.8 Å². The number of hydrogen-bond acceptors (Lipinski definition) is 4. The van der Waals surface area contributed by atoms with Gasteiger partial charge in [-0.2, -0.15) is 0 Å². The van der Waals surface area contributed by atoms with Gasteiger partial charge in [0.15, 0.2) is 5.16 Å². The fraction of sp³-hybridized carbons (Fsp3) is 0.500. The minimum absolute atomic E-state index is 0.281. The van der Waals surface area contributed by atoms with E-state index in [0.29, 0.717) is 0 Å². The third kappa shape index (κ3) is 4.86. The minimum Gasteiger partial charge on any atom is -0.378 e. The summed E-state index contributed by atoms with van der Waals surface area (Å²) in [5.74, 6) is 1.93. The van der Waals surface area contributed by atoms with Crippen LogP contribution < -0.4 is 0 Å². The zero-order valence-corrected chi connectivity index (χ0v) is 13.8. The molecule has 5 heteroatoms. The average molecular weight is 305 g/mol. The number of thioether (sulfide) groups is 1. The Morgan fingerprint density at radius 1 is 1.19 bits per heavy atom. The summed E-state index contributed by atoms with van der Waals surface area (Å²) in [4.78, 5) is 0. The second kappa shape index (κ2) is 8.20. The number of nitrogens with zero attached hydrogens (tertiary/aromatic N) is 3. The van der Waals surface area contributed by atoms with E-state index in [2.05, 4.69) is 59.8 Å². The highest BCUT2D eigenvalue weighted by Gasteiger charge is 2.11. The van der Waals surface area contributed by atoms with Crippen LogP contribution in [0.4, 0.5) is 0 Å². The van der Waals surface area contributed by atoms with Crippen LogP contribution >= 0.6 is 11.8 Å². The molecule has 21 heavy (non-hydrogen) atoms. The highest BCUT2D eigenvalue weighted by molar-refractivity contribution is 7.99. The smallest absolute Gasteiger partial charge is 0.191 e. The maximum absolute atomic E-state index is 5.56. The quantitative estimate of drug-likeness (QED) is 0.553. The van der Waals surface area contributed by atoms with Gasteiger partial charge in [0.25, 0.3) is 0 Å². The summed E-state index contributed by atoms with van der Waals surface area (Å²) in [5, 5.41) is 9.65. The van der Waals surface area contributed by atoms with E-state index in [4.69, 9.17) is 4.74 Å². The van der Waals surface area contributed by atoms with Crippen molar-refractivity contribution in [2.75, 3.05) is 12.4 Å². The predicted molar refractivity (Wildman–Crippen MR) is 86.8 cm³/mol. The van der Waals surface area contributed by atoms with E-state index < -0.39 is 0 Å². The number of hydrogen-bond donors (Lipinski definition) is 0. The van der Waals surface area contributed by atoms with Gasteiger partial charge in [-0.1, -0.05) is 42.1 Å². The van der Waals surface area contributed by atoms with E-state index in [-0.39, 0.29) is 6.10 Å². The van der Waals surface area contributed by atoms with E-state index in [1.165, 1.54) is 5.56 Å². The van der Waals surface area contributed by atoms with Crippen molar-refractivity contribution < 1.29 is 4.74 Å². The van der Waals surface area contributed by atoms with Crippen molar-refractivity contribution in [3.05, 3.63) is 41.7 Å². The van der Waals surface area contributed by atoms with Gasteiger partial charge < -0.3 is 9.30 Å². The molecule has 2 aromatic rings. The zero-order valence-electron chi connectivity index (χ0n) is 13.0. The maximum Gasteiger partial charge on any atom is 0.191 e. The highest BCUT2D eigenvalue weighted by Crippen LogP contribution is 2.18. The molecule has 4 nitrogen and oxygen atoms in total. The minimum atomic E-state index is 0.281. The standard InChI is InChI=1S/C16H23N3OS/c1-4-19-15(12-14-8-6-5-7-9-14)17-18-16(19)21-11-10-20-13(2)3/h5-9,13H,4,10-12H2,1-3H3. The largest absolute Gasteiger partial charge is 0.378 e. The van der Waals surface area contributed by atoms with Crippen LogP contribution in [0.2, 0.25) is 0 Å². The molecule has 0 N–H and O–H groups in total. The third-order valence-electron chi connectivity index (χ3n) is 3.08. The lowest BCUT2D eigenvalue weighted by Crippen LogP contribution is -2.07. The van der Waals surface area contributed by atoms with E-state index in [1.807, 2.05) is 6.07 Å². The van der Waals surface area contributed by atoms with Gasteiger partial charge in [0.1, 0.15) is 5.82 Å². The fourth-order valence-electron chi connectivity index (χ4n) is 2.07. The molecule has 0 aliphatic heterocycles. The van der Waals surface area contributed by atoms with Crippen LogP contribution in [0.5, 0.6) is 0 Å². The summed E-state index contributed by atoms with van der Waals surface area (Å²) in [7, 11) is 0. The summed E-state index contributed by atoms with van der Waals surface area (Å²) >= 11 is 1.71. The molecule has 2 rings (SSSR count). The molecular formula is C16H23N3OS. The Balaban J connectivity index is 1.97. The molecule has 1 heterocycles. The molecule has 0 saturated carbocycles. The van der Waals surface area contributed by atoms with E-state index >= 15 is 0 Å². The van der Waals surface area contributed by atoms with E-state index in [0.717, 1.165) is 36.3 Å². The Kier molecular flexibility index (Phi) is 6.26. The van der Waals surface area contributed by atoms with E-state index in [9.17, 15) is 0 Å². The van der Waals surface area contributed by atoms with Crippen molar-refractivity contribution in [2.24, 2.45) is 0 Å². The van der Waals surface area contributed by atoms with Crippen molar-refractivity contribution in [1.29, 1.82) is 0 Å². The molecule has 0 saturated heterocycles. The van der Waals surface area contributed by atoms with Gasteiger partial charge in [-0.25, -0.2) is 0 Å². The van der Waals surface area contributed by atoms with Gasteiger partial charge in [-0.05, 0) is 26.3 Å². The van der Waals surface area contributed by atoms with Crippen LogP contribution in [0.15, 0.2) is 35.5 Å². The predicted octanol–water partition coefficient (Wildman–Crippen LogP) is 3.41. The monoisotopic (exact) mass is 305 g/mol. The second-order valence-corrected chi connectivity index (χ2v) is 6.14. The van der Waals surface area contributed by atoms with Crippen molar-refractivity contribution in [3.63, 3.8) is 0 Å². The van der Waals surface area contributed by atoms with Gasteiger partial charge in [0, 0.05) is 18.7 Å². The summed E-state index contributed by atoms with van der Waals surface area (Å²) < 4.78 is 7.75. The number of aromatic nitrogens is 3. The Morgan fingerprint density at radius 2 is 1.95 bits per heavy atom. The average Bonchev–Trinajstić information content (AvgIpc) is 2.86. The normalized spacial score (nSPS) is 11.2. The first-order chi connectivity index (χ1) is 10.2. The first-order valence-electron chi connectivity index (χ1n) is 7.41. The first-order valence-corrected chi connectivity index (χ1v) is 8.39. The summed E-state index contributed by atoms with van der Waals surface area (Å²) in [6, 6.07) is 10.4. The topological polar surface area (TPSA) is 39.9 Å². The molecule has 0 aliphatic rings. The van der Waals surface area contributed by atoms with Gasteiger partial charge in [0.05, 0.1) is 12.7 Å². The van der Waals surface area contributed by atoms with Crippen LogP contribution in [-0.4, -0.2) is 33.2 Å². The fourth-order valence-corrected chi connectivity index (χ4v) is 2.92. The lowest BCUT2D eigenvalue weighted by atomic mass is 10.1. The van der Waals surface area contributed by atoms with Gasteiger partial charge in [-0.15, -0.1) is 10.2 Å². The lowest BCUT2D eigenvalue weighted by molar-refractivity contribution is 0.0920. The number of rotatable bonds is 8. The van der Waals surface area contributed by atoms with Crippen molar-refractivity contribution in [2.45, 2.75) is 45.0 Å². The molecule has 0 radical (unpaired) electrons. The molecule has 114 valence electrons. The Morgan fingerprint density at radius 3 is 2.62 bits per heavy atom. The second-order valence-electron chi connectivity index (χ2n) is 5.07. The maximum atomic E-state index is 5.56. The summed E-state index contributed by atoms with van der Waals surface area (Å²) in [6.45, 7) is 7.87. The van der Waals surface area contributed by atoms with Crippen LogP contribution in [0.1, 0.15) is 32.2 Å². The Labute approximate surface area is 130 Å². The van der Waals surface area contributed by atoms with Crippen LogP contribution in [-0.2, 0) is 17.7 Å². The highest BCUT2D eigenvalue weighted by atomic mass is 32.2. The molecule has 0 bridgehead atoms. The van der Waals surface area contributed by atoms with Crippen LogP contribution in [0, 0.1) is 0 Å². The molecule has 0 amide bonds. The summed E-state index contributed by atoms with van der Waals surface area (Å²) in [6.07, 6.45) is 1.10. The molecule has 0 fully saturated rings. The molecule has 0 spiro atoms. The summed E-state index contributed by atoms with van der Waals surface area (Å²) in [5.41, 5.74) is 1.26. The first kappa shape index (κ1) is 16.0. The molecule has 0 atom stereocenters. The van der Waals surface area contributed by atoms with Crippen molar-refractivity contribution >= 4 is 11.8 Å². The zero-order chi connectivity index (χ0) is 15.1. The van der Waals surface area contributed by atoms with E-state index in [1.54, 1.807) is 11.8 Å². The lowest BCUT2D eigenvalue weighted by Gasteiger charge is -2.09. The van der Waals surface area contributed by atoms with Crippen molar-refractivity contribution in [3.8, 4) is 0 Å². The van der Waals surface area contributed by atoms with Gasteiger partial charge in [-0.3, -0.25) is 0 Å². The molecule has 1 aromatic heterocycles. The molecular weight excluding hydrogens is 282 g/mol. The number of benzene rings is 1. The van der Waals surface area contributed by atoms with Crippen LogP contribution in [0.25, 0.3) is 0 Å². The Bertz CT molecular complexity index is 540. The third-order valence-corrected chi connectivity index (χ3v) is 4.01. The number of ether oxygens (including phenoxy) is 1. The SMILES string of the molecule is CCn1c(Cc2ccccc2)nnc1SCCOC(C)C. The van der Waals surface area contributed by atoms with Gasteiger partial charge in [0.2, 0.25) is 0 Å². The molecule has 1 aromatic carbocycles. The van der Waals surface area contributed by atoms with Gasteiger partial charge >= 0.3 is 0 Å². The molecule has 0 aliphatic carbocycles.